The quantitative estimate of drug-likeness (QED) is 0.662. The van der Waals surface area contributed by atoms with E-state index in [-0.39, 0.29) is 17.8 Å². The molecule has 0 aliphatic carbocycles. The van der Waals surface area contributed by atoms with E-state index in [0.29, 0.717) is 5.16 Å². The first kappa shape index (κ1) is 19.4. The second kappa shape index (κ2) is 8.24. The molecule has 0 unspecified atom stereocenters. The van der Waals surface area contributed by atoms with Crippen molar-refractivity contribution in [2.75, 3.05) is 10.7 Å². The number of aryl methyl sites for hydroxylation is 2. The summed E-state index contributed by atoms with van der Waals surface area (Å²) in [5.41, 5.74) is 6.06. The predicted molar refractivity (Wildman–Crippen MR) is 112 cm³/mol. The van der Waals surface area contributed by atoms with Crippen LogP contribution in [0.5, 0.6) is 0 Å². The highest BCUT2D eigenvalue weighted by Gasteiger charge is 2.37. The van der Waals surface area contributed by atoms with Crippen LogP contribution in [0.4, 0.5) is 10.1 Å². The number of nitrogens with zero attached hydrogens (tertiary/aromatic N) is 3. The number of aromatic nitrogens is 3. The largest absolute Gasteiger partial charge is 0.325 e. The fourth-order valence-corrected chi connectivity index (χ4v) is 4.35. The predicted octanol–water partition coefficient (Wildman–Crippen LogP) is 4.08. The number of anilines is 1. The number of rotatable bonds is 5. The van der Waals surface area contributed by atoms with Gasteiger partial charge >= 0.3 is 0 Å². The Bertz CT molecular complexity index is 1000. The molecule has 0 saturated carbocycles. The summed E-state index contributed by atoms with van der Waals surface area (Å²) >= 11 is 1.36. The van der Waals surface area contributed by atoms with Gasteiger partial charge in [-0.3, -0.25) is 4.79 Å². The smallest absolute Gasteiger partial charge is 0.240 e. The second-order valence-electron chi connectivity index (χ2n) is 7.04. The minimum absolute atomic E-state index is 0.146. The summed E-state index contributed by atoms with van der Waals surface area (Å²) in [6.07, 6.45) is 1.71. The normalized spacial score (nSPS) is 18.0. The van der Waals surface area contributed by atoms with Crippen LogP contribution in [0.1, 0.15) is 36.3 Å². The van der Waals surface area contributed by atoms with Crippen molar-refractivity contribution in [1.82, 2.24) is 14.9 Å². The fourth-order valence-electron chi connectivity index (χ4n) is 3.25. The Hall–Kier alpha value is -2.87. The Morgan fingerprint density at radius 3 is 2.59 bits per heavy atom. The average molecular weight is 412 g/mol. The number of benzene rings is 2. The van der Waals surface area contributed by atoms with Gasteiger partial charge in [-0.25, -0.2) is 9.07 Å². The molecule has 1 amide bonds. The molecule has 0 bridgehead atoms. The van der Waals surface area contributed by atoms with E-state index in [9.17, 15) is 9.18 Å². The lowest BCUT2D eigenvalue weighted by molar-refractivity contribution is -0.116. The van der Waals surface area contributed by atoms with E-state index in [1.165, 1.54) is 23.9 Å². The first-order valence-electron chi connectivity index (χ1n) is 9.55. The number of nitrogens with one attached hydrogen (secondary N) is 2. The third kappa shape index (κ3) is 4.12. The molecule has 4 rings (SSSR count). The van der Waals surface area contributed by atoms with Crippen LogP contribution >= 0.6 is 11.8 Å². The molecule has 3 aromatic rings. The monoisotopic (exact) mass is 411 g/mol. The van der Waals surface area contributed by atoms with E-state index in [1.807, 2.05) is 35.9 Å². The summed E-state index contributed by atoms with van der Waals surface area (Å²) in [7, 11) is 0. The lowest BCUT2D eigenvalue weighted by Crippen LogP contribution is -2.41. The molecule has 0 saturated heterocycles. The highest BCUT2D eigenvalue weighted by Crippen LogP contribution is 2.37. The van der Waals surface area contributed by atoms with Crippen LogP contribution in [0, 0.1) is 12.7 Å². The highest BCUT2D eigenvalue weighted by atomic mass is 32.2. The van der Waals surface area contributed by atoms with Crippen LogP contribution in [0.15, 0.2) is 53.7 Å². The van der Waals surface area contributed by atoms with E-state index in [4.69, 9.17) is 0 Å². The van der Waals surface area contributed by atoms with Crippen LogP contribution in [0.3, 0.4) is 0 Å². The van der Waals surface area contributed by atoms with Crippen LogP contribution in [-0.2, 0) is 11.2 Å². The molecule has 2 heterocycles. The zero-order valence-electron chi connectivity index (χ0n) is 16.2. The molecule has 1 aromatic heterocycles. The minimum Gasteiger partial charge on any atom is -0.325 e. The molecule has 8 heteroatoms. The van der Waals surface area contributed by atoms with Gasteiger partial charge in [-0.1, -0.05) is 48.5 Å². The first-order valence-corrected chi connectivity index (χ1v) is 10.4. The molecule has 1 aliphatic heterocycles. The van der Waals surface area contributed by atoms with Gasteiger partial charge in [-0.15, -0.1) is 10.2 Å². The van der Waals surface area contributed by atoms with Crippen LogP contribution in [0.25, 0.3) is 0 Å². The zero-order chi connectivity index (χ0) is 20.4. The van der Waals surface area contributed by atoms with E-state index in [0.717, 1.165) is 35.5 Å². The maximum absolute atomic E-state index is 13.5. The number of amides is 1. The Balaban J connectivity index is 1.65. The Morgan fingerprint density at radius 1 is 1.17 bits per heavy atom. The molecule has 150 valence electrons. The Kier molecular flexibility index (Phi) is 5.53. The van der Waals surface area contributed by atoms with Gasteiger partial charge in [-0.2, -0.15) is 0 Å². The summed E-state index contributed by atoms with van der Waals surface area (Å²) in [6, 6.07) is 13.5. The number of carbonyl (C=O) groups excluding carboxylic acids is 1. The standard InChI is InChI=1S/C21H22FN5OS/c1-3-4-17-24-25-21-27(17)26-18(14-7-9-15(22)10-8-14)19(29-21)20(28)23-16-11-5-13(2)6-12-16/h5-12,18-19,26H,3-4H2,1-2H3,(H,23,28)/t18-,19-/m1/s1. The Morgan fingerprint density at radius 2 is 1.90 bits per heavy atom. The molecule has 2 N–H and O–H groups in total. The maximum Gasteiger partial charge on any atom is 0.240 e. The molecule has 0 fully saturated rings. The van der Waals surface area contributed by atoms with Crippen molar-refractivity contribution in [1.29, 1.82) is 0 Å². The van der Waals surface area contributed by atoms with Crippen molar-refractivity contribution in [2.45, 2.75) is 43.1 Å². The molecule has 0 spiro atoms. The Labute approximate surface area is 172 Å². The number of hydrogen-bond acceptors (Lipinski definition) is 5. The van der Waals surface area contributed by atoms with Crippen molar-refractivity contribution in [2.24, 2.45) is 0 Å². The molecule has 1 aliphatic rings. The number of hydrogen-bond donors (Lipinski definition) is 2. The molecule has 29 heavy (non-hydrogen) atoms. The lowest BCUT2D eigenvalue weighted by Gasteiger charge is -2.33. The molecular formula is C21H22FN5OS. The van der Waals surface area contributed by atoms with Gasteiger partial charge in [0.25, 0.3) is 0 Å². The molecule has 2 atom stereocenters. The van der Waals surface area contributed by atoms with Gasteiger partial charge in [0.05, 0.1) is 6.04 Å². The van der Waals surface area contributed by atoms with E-state index in [2.05, 4.69) is 27.9 Å². The van der Waals surface area contributed by atoms with E-state index >= 15 is 0 Å². The topological polar surface area (TPSA) is 71.8 Å². The van der Waals surface area contributed by atoms with Gasteiger partial charge in [0, 0.05) is 12.1 Å². The number of halogens is 1. The van der Waals surface area contributed by atoms with Gasteiger partial charge in [0.2, 0.25) is 11.1 Å². The second-order valence-corrected chi connectivity index (χ2v) is 8.14. The van der Waals surface area contributed by atoms with Crippen molar-refractivity contribution < 1.29 is 9.18 Å². The van der Waals surface area contributed by atoms with Crippen molar-refractivity contribution in [3.8, 4) is 0 Å². The number of thioether (sulfide) groups is 1. The van der Waals surface area contributed by atoms with Gasteiger partial charge in [0.1, 0.15) is 11.1 Å². The third-order valence-electron chi connectivity index (χ3n) is 4.78. The average Bonchev–Trinajstić information content (AvgIpc) is 3.11. The SMILES string of the molecule is CCCc1nnc2n1N[C@H](c1ccc(F)cc1)[C@H](C(=O)Nc1ccc(C)cc1)S2. The summed E-state index contributed by atoms with van der Waals surface area (Å²) in [5.74, 6) is 0.362. The summed E-state index contributed by atoms with van der Waals surface area (Å²) < 4.78 is 15.3. The van der Waals surface area contributed by atoms with Crippen LogP contribution < -0.4 is 10.7 Å². The zero-order valence-corrected chi connectivity index (χ0v) is 17.0. The number of fused-ring (bicyclic) bond motifs is 1. The maximum atomic E-state index is 13.5. The van der Waals surface area contributed by atoms with Crippen LogP contribution in [-0.4, -0.2) is 26.0 Å². The van der Waals surface area contributed by atoms with E-state index in [1.54, 1.807) is 12.1 Å². The molecule has 0 radical (unpaired) electrons. The van der Waals surface area contributed by atoms with Crippen LogP contribution in [0.2, 0.25) is 0 Å². The van der Waals surface area contributed by atoms with Crippen molar-refractivity contribution >= 4 is 23.4 Å². The van der Waals surface area contributed by atoms with Gasteiger partial charge in [0.15, 0.2) is 5.82 Å². The fraction of sp³-hybridized carbons (Fsp3) is 0.286. The number of carbonyl (C=O) groups is 1. The molecule has 6 nitrogen and oxygen atoms in total. The third-order valence-corrected chi connectivity index (χ3v) is 6.00. The summed E-state index contributed by atoms with van der Waals surface area (Å²) in [6.45, 7) is 4.07. The van der Waals surface area contributed by atoms with Gasteiger partial charge < -0.3 is 10.7 Å². The summed E-state index contributed by atoms with van der Waals surface area (Å²) in [5, 5.41) is 11.6. The van der Waals surface area contributed by atoms with Crippen molar-refractivity contribution in [3.05, 3.63) is 71.3 Å². The summed E-state index contributed by atoms with van der Waals surface area (Å²) in [4.78, 5) is 13.1. The molecule has 2 aromatic carbocycles. The lowest BCUT2D eigenvalue weighted by atomic mass is 10.0. The minimum atomic E-state index is -0.493. The van der Waals surface area contributed by atoms with E-state index < -0.39 is 5.25 Å². The molecular weight excluding hydrogens is 389 g/mol. The highest BCUT2D eigenvalue weighted by molar-refractivity contribution is 8.00. The van der Waals surface area contributed by atoms with Gasteiger partial charge in [-0.05, 0) is 43.2 Å². The van der Waals surface area contributed by atoms with Crippen molar-refractivity contribution in [3.63, 3.8) is 0 Å². The first-order chi connectivity index (χ1) is 14.0.